The molecule has 1 aromatic rings. The largest absolute Gasteiger partial charge is 0.379 e. The maximum atomic E-state index is 5.53. The third-order valence-electron chi connectivity index (χ3n) is 3.46. The molecule has 0 spiro atoms. The van der Waals surface area contributed by atoms with Crippen LogP contribution in [0.3, 0.4) is 0 Å². The average Bonchev–Trinajstić information content (AvgIpc) is 2.90. The van der Waals surface area contributed by atoms with E-state index in [-0.39, 0.29) is 0 Å². The van der Waals surface area contributed by atoms with E-state index in [9.17, 15) is 0 Å². The summed E-state index contributed by atoms with van der Waals surface area (Å²) < 4.78 is 12.9. The van der Waals surface area contributed by atoms with E-state index in [0.717, 1.165) is 43.6 Å². The third-order valence-corrected chi connectivity index (χ3v) is 3.46. The van der Waals surface area contributed by atoms with Gasteiger partial charge in [-0.1, -0.05) is 13.3 Å². The number of aromatic nitrogens is 3. The molecule has 1 rings (SSSR count). The van der Waals surface area contributed by atoms with Gasteiger partial charge in [-0.05, 0) is 20.3 Å². The number of hydrogen-bond acceptors (Lipinski definition) is 5. The lowest BCUT2D eigenvalue weighted by Crippen LogP contribution is -2.39. The van der Waals surface area contributed by atoms with Crippen LogP contribution in [0.2, 0.25) is 0 Å². The molecule has 0 saturated carbocycles. The summed E-state index contributed by atoms with van der Waals surface area (Å²) in [7, 11) is 1.94. The van der Waals surface area contributed by atoms with Gasteiger partial charge in [0.2, 0.25) is 0 Å². The first-order valence-electron chi connectivity index (χ1n) is 8.71. The van der Waals surface area contributed by atoms with Crippen molar-refractivity contribution in [2.45, 2.75) is 40.2 Å². The maximum Gasteiger partial charge on any atom is 0.191 e. The van der Waals surface area contributed by atoms with Crippen LogP contribution < -0.4 is 10.6 Å². The smallest absolute Gasteiger partial charge is 0.191 e. The summed E-state index contributed by atoms with van der Waals surface area (Å²) in [5.74, 6) is 2.47. The fraction of sp³-hybridized carbons (Fsp3) is 0.812. The summed E-state index contributed by atoms with van der Waals surface area (Å²) in [5.41, 5.74) is 0. The van der Waals surface area contributed by atoms with Crippen molar-refractivity contribution in [1.82, 2.24) is 25.4 Å². The number of aliphatic imine (C=N–C) groups is 1. The van der Waals surface area contributed by atoms with Crippen LogP contribution in [0.1, 0.15) is 38.3 Å². The highest BCUT2D eigenvalue weighted by Gasteiger charge is 2.04. The van der Waals surface area contributed by atoms with Gasteiger partial charge in [0.05, 0.1) is 19.8 Å². The minimum Gasteiger partial charge on any atom is -0.379 e. The van der Waals surface area contributed by atoms with Crippen molar-refractivity contribution in [1.29, 1.82) is 0 Å². The molecule has 8 nitrogen and oxygen atoms in total. The molecule has 24 heavy (non-hydrogen) atoms. The first kappa shape index (κ1) is 20.4. The standard InChI is InChI=1S/C16H32N6O2/c1-5-7-9-23-11-12-24-10-8-18-16(17-6-2)19-13-15-21-20-14(3)22(15)4/h5-13H2,1-4H3,(H2,17,18,19). The number of hydrogen-bond donors (Lipinski definition) is 2. The second-order valence-electron chi connectivity index (χ2n) is 5.42. The second kappa shape index (κ2) is 12.7. The van der Waals surface area contributed by atoms with Gasteiger partial charge >= 0.3 is 0 Å². The Bertz CT molecular complexity index is 475. The molecule has 0 aliphatic heterocycles. The van der Waals surface area contributed by atoms with Gasteiger partial charge in [-0.25, -0.2) is 4.99 Å². The molecule has 0 radical (unpaired) electrons. The molecular weight excluding hydrogens is 308 g/mol. The van der Waals surface area contributed by atoms with E-state index in [4.69, 9.17) is 9.47 Å². The van der Waals surface area contributed by atoms with Crippen LogP contribution in [0.15, 0.2) is 4.99 Å². The van der Waals surface area contributed by atoms with E-state index < -0.39 is 0 Å². The third kappa shape index (κ3) is 8.26. The Kier molecular flexibility index (Phi) is 10.8. The van der Waals surface area contributed by atoms with E-state index >= 15 is 0 Å². The zero-order chi connectivity index (χ0) is 17.6. The van der Waals surface area contributed by atoms with Crippen LogP contribution >= 0.6 is 0 Å². The summed E-state index contributed by atoms with van der Waals surface area (Å²) in [6, 6.07) is 0. The van der Waals surface area contributed by atoms with Crippen molar-refractivity contribution in [3.05, 3.63) is 11.6 Å². The van der Waals surface area contributed by atoms with Gasteiger partial charge in [-0.2, -0.15) is 0 Å². The van der Waals surface area contributed by atoms with Crippen LogP contribution in [0.25, 0.3) is 0 Å². The summed E-state index contributed by atoms with van der Waals surface area (Å²) in [5, 5.41) is 14.6. The number of guanidine groups is 1. The lowest BCUT2D eigenvalue weighted by Gasteiger charge is -2.11. The normalized spacial score (nSPS) is 11.8. The van der Waals surface area contributed by atoms with Crippen molar-refractivity contribution in [2.24, 2.45) is 12.0 Å². The fourth-order valence-corrected chi connectivity index (χ4v) is 1.89. The Labute approximate surface area is 145 Å². The van der Waals surface area contributed by atoms with Crippen molar-refractivity contribution >= 4 is 5.96 Å². The molecule has 8 heteroatoms. The summed E-state index contributed by atoms with van der Waals surface area (Å²) in [6.45, 7) is 10.8. The monoisotopic (exact) mass is 340 g/mol. The molecule has 0 bridgehead atoms. The van der Waals surface area contributed by atoms with Crippen LogP contribution in [-0.2, 0) is 23.1 Å². The van der Waals surface area contributed by atoms with E-state index in [1.54, 1.807) is 0 Å². The lowest BCUT2D eigenvalue weighted by molar-refractivity contribution is 0.0487. The van der Waals surface area contributed by atoms with Crippen molar-refractivity contribution in [3.63, 3.8) is 0 Å². The molecule has 138 valence electrons. The van der Waals surface area contributed by atoms with Gasteiger partial charge in [0.1, 0.15) is 12.4 Å². The number of aryl methyl sites for hydroxylation is 1. The highest BCUT2D eigenvalue weighted by molar-refractivity contribution is 5.79. The topological polar surface area (TPSA) is 85.6 Å². The van der Waals surface area contributed by atoms with Gasteiger partial charge in [-0.3, -0.25) is 0 Å². The summed E-state index contributed by atoms with van der Waals surface area (Å²) in [4.78, 5) is 4.52. The number of unbranched alkanes of at least 4 members (excludes halogenated alkanes) is 1. The molecule has 0 saturated heterocycles. The molecular formula is C16H32N6O2. The second-order valence-corrected chi connectivity index (χ2v) is 5.42. The molecule has 0 aliphatic rings. The molecule has 0 unspecified atom stereocenters. The highest BCUT2D eigenvalue weighted by atomic mass is 16.5. The number of rotatable bonds is 12. The SMILES string of the molecule is CCCCOCCOCCNC(=NCc1nnc(C)n1C)NCC. The van der Waals surface area contributed by atoms with Gasteiger partial charge in [0, 0.05) is 26.7 Å². The van der Waals surface area contributed by atoms with E-state index in [1.165, 1.54) is 0 Å². The van der Waals surface area contributed by atoms with Crippen molar-refractivity contribution in [2.75, 3.05) is 39.5 Å². The predicted octanol–water partition coefficient (Wildman–Crippen LogP) is 1.01. The van der Waals surface area contributed by atoms with Crippen LogP contribution in [0.4, 0.5) is 0 Å². The lowest BCUT2D eigenvalue weighted by atomic mass is 10.4. The first-order chi connectivity index (χ1) is 11.7. The fourth-order valence-electron chi connectivity index (χ4n) is 1.89. The Balaban J connectivity index is 2.21. The van der Waals surface area contributed by atoms with Crippen LogP contribution in [-0.4, -0.2) is 60.2 Å². The van der Waals surface area contributed by atoms with Crippen molar-refractivity contribution < 1.29 is 9.47 Å². The molecule has 0 atom stereocenters. The Morgan fingerprint density at radius 2 is 1.83 bits per heavy atom. The minimum atomic E-state index is 0.485. The Hall–Kier alpha value is -1.67. The van der Waals surface area contributed by atoms with Crippen LogP contribution in [0.5, 0.6) is 0 Å². The van der Waals surface area contributed by atoms with Crippen LogP contribution in [0, 0.1) is 6.92 Å². The van der Waals surface area contributed by atoms with Gasteiger partial charge in [-0.15, -0.1) is 10.2 Å². The number of nitrogens with zero attached hydrogens (tertiary/aromatic N) is 4. The van der Waals surface area contributed by atoms with E-state index in [2.05, 4.69) is 32.7 Å². The molecule has 0 aliphatic carbocycles. The zero-order valence-electron chi connectivity index (χ0n) is 15.5. The zero-order valence-corrected chi connectivity index (χ0v) is 15.5. The van der Waals surface area contributed by atoms with Gasteiger partial charge in [0.15, 0.2) is 11.8 Å². The highest BCUT2D eigenvalue weighted by Crippen LogP contribution is 1.98. The van der Waals surface area contributed by atoms with Gasteiger partial charge < -0.3 is 24.7 Å². The van der Waals surface area contributed by atoms with Crippen molar-refractivity contribution in [3.8, 4) is 0 Å². The minimum absolute atomic E-state index is 0.485. The van der Waals surface area contributed by atoms with E-state index in [1.807, 2.05) is 25.5 Å². The molecule has 1 heterocycles. The quantitative estimate of drug-likeness (QED) is 0.336. The maximum absolute atomic E-state index is 5.53. The molecule has 0 amide bonds. The van der Waals surface area contributed by atoms with E-state index in [0.29, 0.717) is 32.9 Å². The Morgan fingerprint density at radius 3 is 2.46 bits per heavy atom. The predicted molar refractivity (Wildman–Crippen MR) is 95.1 cm³/mol. The number of ether oxygens (including phenoxy) is 2. The van der Waals surface area contributed by atoms with Gasteiger partial charge in [0.25, 0.3) is 0 Å². The Morgan fingerprint density at radius 1 is 1.08 bits per heavy atom. The summed E-state index contributed by atoms with van der Waals surface area (Å²) in [6.07, 6.45) is 2.26. The molecule has 0 aromatic carbocycles. The molecule has 0 fully saturated rings. The average molecular weight is 340 g/mol. The summed E-state index contributed by atoms with van der Waals surface area (Å²) >= 11 is 0. The molecule has 1 aromatic heterocycles. The number of nitrogens with one attached hydrogen (secondary N) is 2. The first-order valence-corrected chi connectivity index (χ1v) is 8.71. The molecule has 2 N–H and O–H groups in total.